The maximum absolute atomic E-state index is 10.6. The van der Waals surface area contributed by atoms with Crippen LogP contribution in [0.3, 0.4) is 0 Å². The minimum Gasteiger partial charge on any atom is -0.748 e. The lowest BCUT2D eigenvalue weighted by Gasteiger charge is -1.90. The second-order valence-electron chi connectivity index (χ2n) is 3.47. The van der Waals surface area contributed by atoms with Gasteiger partial charge in [-0.2, -0.15) is 0 Å². The Hall–Kier alpha value is -1.21. The third kappa shape index (κ3) is 10.9. The second-order valence-corrected chi connectivity index (χ2v) is 4.88. The standard InChI is InChI=1S/C8H13N2O.CH4O3S/c1-8(11)3-4-10-6-5-9(2)7-10;1-5(2,3)4/h5-7H,3-4H2,1-2H3;1H3,(H,2,3,4)/q+1;/p-1. The number of ketones is 1. The van der Waals surface area contributed by atoms with Crippen molar-refractivity contribution in [3.05, 3.63) is 18.7 Å². The third-order valence-corrected chi connectivity index (χ3v) is 1.55. The molecule has 1 aromatic rings. The van der Waals surface area contributed by atoms with Gasteiger partial charge in [-0.15, -0.1) is 0 Å². The number of imidazole rings is 1. The Balaban J connectivity index is 0.000000385. The van der Waals surface area contributed by atoms with Gasteiger partial charge in [0.1, 0.15) is 18.2 Å². The van der Waals surface area contributed by atoms with Crippen LogP contribution in [0.1, 0.15) is 13.3 Å². The van der Waals surface area contributed by atoms with Gasteiger partial charge in [0.05, 0.1) is 23.7 Å². The molecule has 1 heterocycles. The van der Waals surface area contributed by atoms with E-state index in [1.165, 1.54) is 0 Å². The smallest absolute Gasteiger partial charge is 0.243 e. The molecule has 0 spiro atoms. The van der Waals surface area contributed by atoms with Crippen molar-refractivity contribution in [2.45, 2.75) is 19.9 Å². The van der Waals surface area contributed by atoms with Gasteiger partial charge in [-0.3, -0.25) is 4.79 Å². The minimum atomic E-state index is -3.92. The molecule has 0 radical (unpaired) electrons. The fraction of sp³-hybridized carbons (Fsp3) is 0.556. The molecule has 0 aromatic carbocycles. The molecule has 0 saturated heterocycles. The van der Waals surface area contributed by atoms with Crippen LogP contribution in [0.25, 0.3) is 0 Å². The zero-order chi connectivity index (χ0) is 12.8. The van der Waals surface area contributed by atoms with Crippen molar-refractivity contribution in [1.29, 1.82) is 0 Å². The first kappa shape index (κ1) is 14.8. The minimum absolute atomic E-state index is 0.237. The maximum atomic E-state index is 10.6. The van der Waals surface area contributed by atoms with E-state index in [1.807, 2.05) is 34.9 Å². The highest BCUT2D eigenvalue weighted by Crippen LogP contribution is 1.89. The molecule has 0 atom stereocenters. The summed E-state index contributed by atoms with van der Waals surface area (Å²) in [4.78, 5) is 10.6. The molecule has 0 unspecified atom stereocenters. The summed E-state index contributed by atoms with van der Waals surface area (Å²) in [6, 6.07) is 0. The Bertz CT molecular complexity index is 428. The number of carbonyl (C=O) groups excluding carboxylic acids is 1. The average Bonchev–Trinajstić information content (AvgIpc) is 2.44. The molecule has 0 N–H and O–H groups in total. The summed E-state index contributed by atoms with van der Waals surface area (Å²) in [6.07, 6.45) is 7.10. The van der Waals surface area contributed by atoms with Crippen LogP contribution in [0.5, 0.6) is 0 Å². The van der Waals surface area contributed by atoms with Crippen molar-refractivity contribution < 1.29 is 22.3 Å². The van der Waals surface area contributed by atoms with E-state index >= 15 is 0 Å². The zero-order valence-electron chi connectivity index (χ0n) is 9.58. The Morgan fingerprint density at radius 1 is 1.50 bits per heavy atom. The van der Waals surface area contributed by atoms with Gasteiger partial charge in [-0.05, 0) is 6.92 Å². The van der Waals surface area contributed by atoms with Gasteiger partial charge < -0.3 is 4.55 Å². The average molecular weight is 248 g/mol. The molecule has 1 aromatic heterocycles. The number of rotatable bonds is 3. The molecule has 0 saturated carbocycles. The molecule has 92 valence electrons. The second kappa shape index (κ2) is 6.39. The molecule has 6 nitrogen and oxygen atoms in total. The van der Waals surface area contributed by atoms with E-state index in [4.69, 9.17) is 13.0 Å². The molecule has 0 bridgehead atoms. The van der Waals surface area contributed by atoms with Gasteiger partial charge in [-0.1, -0.05) is 0 Å². The van der Waals surface area contributed by atoms with Crippen LogP contribution >= 0.6 is 0 Å². The third-order valence-electron chi connectivity index (χ3n) is 1.55. The van der Waals surface area contributed by atoms with E-state index in [1.54, 1.807) is 6.92 Å². The van der Waals surface area contributed by atoms with Crippen LogP contribution in [0.2, 0.25) is 0 Å². The van der Waals surface area contributed by atoms with Crippen LogP contribution < -0.4 is 4.57 Å². The topological polar surface area (TPSA) is 83.1 Å². The molecule has 16 heavy (non-hydrogen) atoms. The molecular weight excluding hydrogens is 232 g/mol. The van der Waals surface area contributed by atoms with E-state index in [9.17, 15) is 4.79 Å². The first-order valence-corrected chi connectivity index (χ1v) is 6.41. The Kier molecular flexibility index (Phi) is 5.91. The maximum Gasteiger partial charge on any atom is 0.243 e. The lowest BCUT2D eigenvalue weighted by Crippen LogP contribution is -2.23. The summed E-state index contributed by atoms with van der Waals surface area (Å²) in [5, 5.41) is 0. The van der Waals surface area contributed by atoms with Crippen molar-refractivity contribution in [3.8, 4) is 0 Å². The van der Waals surface area contributed by atoms with Crippen molar-refractivity contribution >= 4 is 15.9 Å². The number of hydrogen-bond donors (Lipinski definition) is 0. The van der Waals surface area contributed by atoms with Crippen LogP contribution in [-0.4, -0.2) is 29.6 Å². The normalized spacial score (nSPS) is 10.5. The Morgan fingerprint density at radius 3 is 2.31 bits per heavy atom. The van der Waals surface area contributed by atoms with E-state index in [0.717, 1.165) is 6.54 Å². The lowest BCUT2D eigenvalue weighted by molar-refractivity contribution is -0.671. The molecule has 0 aliphatic rings. The van der Waals surface area contributed by atoms with Crippen molar-refractivity contribution in [2.75, 3.05) is 6.26 Å². The van der Waals surface area contributed by atoms with Gasteiger partial charge in [-0.25, -0.2) is 17.6 Å². The quantitative estimate of drug-likeness (QED) is 0.531. The molecule has 7 heteroatoms. The summed E-state index contributed by atoms with van der Waals surface area (Å²) < 4.78 is 31.2. The van der Waals surface area contributed by atoms with Crippen LogP contribution in [0.4, 0.5) is 0 Å². The highest BCUT2D eigenvalue weighted by molar-refractivity contribution is 7.84. The van der Waals surface area contributed by atoms with Gasteiger partial charge >= 0.3 is 0 Å². The number of aryl methyl sites for hydroxylation is 2. The van der Waals surface area contributed by atoms with E-state index in [2.05, 4.69) is 0 Å². The molecular formula is C9H16N2O4S. The van der Waals surface area contributed by atoms with Crippen LogP contribution in [-0.2, 0) is 28.5 Å². The fourth-order valence-corrected chi connectivity index (χ4v) is 0.921. The van der Waals surface area contributed by atoms with Crippen molar-refractivity contribution in [3.63, 3.8) is 0 Å². The summed E-state index contributed by atoms with van der Waals surface area (Å²) >= 11 is 0. The first-order chi connectivity index (χ1) is 7.18. The van der Waals surface area contributed by atoms with Crippen molar-refractivity contribution in [1.82, 2.24) is 4.57 Å². The fourth-order valence-electron chi connectivity index (χ4n) is 0.921. The number of nitrogens with zero attached hydrogens (tertiary/aromatic N) is 2. The number of hydrogen-bond acceptors (Lipinski definition) is 4. The van der Waals surface area contributed by atoms with Crippen molar-refractivity contribution in [2.24, 2.45) is 7.05 Å². The van der Waals surface area contributed by atoms with Crippen LogP contribution in [0.15, 0.2) is 18.7 Å². The zero-order valence-corrected chi connectivity index (χ0v) is 10.4. The van der Waals surface area contributed by atoms with Gasteiger partial charge in [0.2, 0.25) is 6.33 Å². The molecule has 0 aliphatic heterocycles. The molecule has 0 aliphatic carbocycles. The highest BCUT2D eigenvalue weighted by Gasteiger charge is 2.00. The molecule has 0 amide bonds. The monoisotopic (exact) mass is 248 g/mol. The Morgan fingerprint density at radius 2 is 2.00 bits per heavy atom. The lowest BCUT2D eigenvalue weighted by atomic mass is 10.3. The Labute approximate surface area is 95.3 Å². The van der Waals surface area contributed by atoms with Crippen LogP contribution in [0, 0.1) is 0 Å². The highest BCUT2D eigenvalue weighted by atomic mass is 32.2. The predicted octanol–water partition coefficient (Wildman–Crippen LogP) is -0.547. The summed E-state index contributed by atoms with van der Waals surface area (Å²) in [6.45, 7) is 2.40. The predicted molar refractivity (Wildman–Crippen MR) is 56.5 cm³/mol. The summed E-state index contributed by atoms with van der Waals surface area (Å²) in [5.41, 5.74) is 0. The molecule has 1 rings (SSSR count). The van der Waals surface area contributed by atoms with Gasteiger partial charge in [0.15, 0.2) is 0 Å². The molecule has 0 fully saturated rings. The largest absolute Gasteiger partial charge is 0.748 e. The van der Waals surface area contributed by atoms with E-state index < -0.39 is 10.1 Å². The van der Waals surface area contributed by atoms with Gasteiger partial charge in [0.25, 0.3) is 0 Å². The van der Waals surface area contributed by atoms with E-state index in [0.29, 0.717) is 12.7 Å². The number of carbonyl (C=O) groups is 1. The summed E-state index contributed by atoms with van der Waals surface area (Å²) in [5.74, 6) is 0.237. The number of Topliss-reactive ketones (excluding diaryl/α,β-unsaturated/α-hetero) is 1. The van der Waals surface area contributed by atoms with Gasteiger partial charge in [0, 0.05) is 12.7 Å². The number of aromatic nitrogens is 2. The first-order valence-electron chi connectivity index (χ1n) is 4.60. The van der Waals surface area contributed by atoms with E-state index in [-0.39, 0.29) is 5.78 Å². The SMILES string of the molecule is CC(=O)CCn1cc[n+](C)c1.CS(=O)(=O)[O-]. The summed E-state index contributed by atoms with van der Waals surface area (Å²) in [7, 11) is -1.95.